The topological polar surface area (TPSA) is 0 Å². The summed E-state index contributed by atoms with van der Waals surface area (Å²) in [6.45, 7) is 18.3. The molecule has 0 spiro atoms. The summed E-state index contributed by atoms with van der Waals surface area (Å²) < 4.78 is 0. The minimum Gasteiger partial charge on any atom is -1.00 e. The average Bonchev–Trinajstić information content (AvgIpc) is 3.92. The number of allylic oxidation sites excluding steroid dienone is 8. The van der Waals surface area contributed by atoms with E-state index in [2.05, 4.69) is 151 Å². The molecule has 4 aliphatic carbocycles. The standard InChI is InChI=1S/2C22H21.2C2H6Si.2ClH.2Zr/c2*1-3-15-9-11-21(19(15)4-2)17-10-12-22-18(14-17)13-16-7-5-6-8-20(16)22;2*1-3-2;;;;/h2*5-10,12H,3-4,11,13H2,1-2H3;2*1-2H3;2*1H;;/q2*-1;;;;;;/p-2. The molecule has 0 radical (unpaired) electrons. The van der Waals surface area contributed by atoms with Crippen molar-refractivity contribution in [2.75, 3.05) is 0 Å². The number of halogens is 2. The molecule has 0 saturated carbocycles. The molecule has 0 N–H and O–H groups in total. The van der Waals surface area contributed by atoms with Gasteiger partial charge in [-0.3, -0.25) is 0 Å². The molecule has 0 heterocycles. The van der Waals surface area contributed by atoms with E-state index in [1.54, 1.807) is 57.8 Å². The van der Waals surface area contributed by atoms with E-state index in [4.69, 9.17) is 0 Å². The predicted octanol–water partition coefficient (Wildman–Crippen LogP) is 7.50. The summed E-state index contributed by atoms with van der Waals surface area (Å²) in [5, 5.41) is 0. The number of fused-ring (bicyclic) bond motifs is 6. The summed E-state index contributed by atoms with van der Waals surface area (Å²) in [6.07, 6.45) is 13.6. The Labute approximate surface area is 370 Å². The molecule has 54 heavy (non-hydrogen) atoms. The zero-order valence-corrected chi connectivity index (χ0v) is 41.9. The van der Waals surface area contributed by atoms with Gasteiger partial charge in [0.25, 0.3) is 0 Å². The van der Waals surface area contributed by atoms with Gasteiger partial charge in [-0.1, -0.05) is 133 Å². The molecule has 4 aromatic rings. The van der Waals surface area contributed by atoms with Crippen molar-refractivity contribution in [1.82, 2.24) is 0 Å². The van der Waals surface area contributed by atoms with E-state index in [1.807, 2.05) is 0 Å². The molecule has 0 bridgehead atoms. The third-order valence-electron chi connectivity index (χ3n) is 10.1. The van der Waals surface area contributed by atoms with Crippen LogP contribution in [0.2, 0.25) is 26.2 Å². The zero-order valence-electron chi connectivity index (χ0n) is 33.5. The van der Waals surface area contributed by atoms with Crippen LogP contribution in [-0.4, -0.2) is 10.9 Å². The van der Waals surface area contributed by atoms with Gasteiger partial charge in [0.2, 0.25) is 0 Å². The Morgan fingerprint density at radius 1 is 0.500 bits per heavy atom. The van der Waals surface area contributed by atoms with Gasteiger partial charge in [-0.2, -0.15) is 0 Å². The fourth-order valence-corrected chi connectivity index (χ4v) is 7.94. The molecule has 6 heteroatoms. The number of benzene rings is 4. The fraction of sp³-hybridized carbons (Fsp3) is 0.333. The number of hydrogen-bond donors (Lipinski definition) is 0. The van der Waals surface area contributed by atoms with Gasteiger partial charge in [0.1, 0.15) is 0 Å². The smallest absolute Gasteiger partial charge is 1.00 e. The molecule has 0 amide bonds. The summed E-state index contributed by atoms with van der Waals surface area (Å²) in [5.41, 5.74) is 23.4. The molecular weight excluding hydrogens is 886 g/mol. The van der Waals surface area contributed by atoms with E-state index in [1.165, 1.54) is 77.9 Å². The number of rotatable bonds is 6. The van der Waals surface area contributed by atoms with Gasteiger partial charge in [0.05, 0.1) is 0 Å². The van der Waals surface area contributed by atoms with E-state index in [9.17, 15) is 0 Å². The van der Waals surface area contributed by atoms with Gasteiger partial charge in [0.15, 0.2) is 0 Å². The first-order chi connectivity index (χ1) is 25.1. The van der Waals surface area contributed by atoms with Crippen molar-refractivity contribution in [3.63, 3.8) is 0 Å². The first-order valence-electron chi connectivity index (χ1n) is 19.2. The quantitative estimate of drug-likeness (QED) is 0.120. The molecule has 0 unspecified atom stereocenters. The van der Waals surface area contributed by atoms with Crippen LogP contribution in [0.5, 0.6) is 0 Å². The molecule has 8 rings (SSSR count). The van der Waals surface area contributed by atoms with Crippen LogP contribution >= 0.6 is 0 Å². The predicted molar refractivity (Wildman–Crippen MR) is 222 cm³/mol. The summed E-state index contributed by atoms with van der Waals surface area (Å²) in [5.74, 6) is 0. The minimum absolute atomic E-state index is 0. The van der Waals surface area contributed by atoms with E-state index in [0.29, 0.717) is 0 Å². The molecule has 4 aliphatic rings. The van der Waals surface area contributed by atoms with Crippen LogP contribution < -0.4 is 24.8 Å². The van der Waals surface area contributed by atoms with Crippen molar-refractivity contribution >= 4 is 22.0 Å². The van der Waals surface area contributed by atoms with E-state index < -0.39 is 0 Å². The Morgan fingerprint density at radius 3 is 1.19 bits per heavy atom. The second-order valence-electron chi connectivity index (χ2n) is 14.4. The monoisotopic (exact) mass is 936 g/mol. The van der Waals surface area contributed by atoms with Gasteiger partial charge in [-0.05, 0) is 62.5 Å². The summed E-state index contributed by atoms with van der Waals surface area (Å²) >= 11 is 3.48. The summed E-state index contributed by atoms with van der Waals surface area (Å²) in [7, 11) is 0. The fourth-order valence-electron chi connectivity index (χ4n) is 7.94. The minimum atomic E-state index is 0. The Balaban J connectivity index is 0.000000236. The molecule has 0 aromatic heterocycles. The maximum absolute atomic E-state index is 3.73. The van der Waals surface area contributed by atoms with Gasteiger partial charge in [-0.15, -0.1) is 69.8 Å². The summed E-state index contributed by atoms with van der Waals surface area (Å²) in [4.78, 5) is 0. The van der Waals surface area contributed by atoms with Crippen LogP contribution in [0.25, 0.3) is 33.4 Å². The molecule has 0 atom stereocenters. The van der Waals surface area contributed by atoms with E-state index in [0.717, 1.165) is 51.4 Å². The van der Waals surface area contributed by atoms with Crippen LogP contribution in [0.3, 0.4) is 0 Å². The Hall–Kier alpha value is -1.38. The van der Waals surface area contributed by atoms with E-state index in [-0.39, 0.29) is 35.7 Å². The largest absolute Gasteiger partial charge is 1.00 e. The van der Waals surface area contributed by atoms with Crippen molar-refractivity contribution in [2.45, 2.75) is 105 Å². The molecule has 0 nitrogen and oxygen atoms in total. The van der Waals surface area contributed by atoms with Crippen molar-refractivity contribution in [3.8, 4) is 22.3 Å². The van der Waals surface area contributed by atoms with Crippen LogP contribution in [0, 0.1) is 12.1 Å². The first-order valence-corrected chi connectivity index (χ1v) is 31.6. The van der Waals surface area contributed by atoms with Crippen molar-refractivity contribution in [1.29, 1.82) is 0 Å². The van der Waals surface area contributed by atoms with Crippen LogP contribution in [0.15, 0.2) is 107 Å². The van der Waals surface area contributed by atoms with Gasteiger partial charge >= 0.3 is 83.7 Å². The third-order valence-corrected chi connectivity index (χ3v) is 10.1. The third kappa shape index (κ3) is 11.4. The van der Waals surface area contributed by atoms with Gasteiger partial charge in [-0.25, -0.2) is 0 Å². The Morgan fingerprint density at radius 2 is 0.852 bits per heavy atom. The normalized spacial score (nSPS) is 13.8. The molecular formula is C48H54Cl2Si2Zr2-4. The van der Waals surface area contributed by atoms with Crippen molar-refractivity contribution < 1.29 is 71.5 Å². The maximum atomic E-state index is 3.73. The molecule has 0 fully saturated rings. The van der Waals surface area contributed by atoms with Crippen molar-refractivity contribution in [2.24, 2.45) is 0 Å². The second kappa shape index (κ2) is 22.5. The number of hydrogen-bond acceptors (Lipinski definition) is 0. The second-order valence-corrected chi connectivity index (χ2v) is 33.1. The van der Waals surface area contributed by atoms with Crippen molar-refractivity contribution in [3.05, 3.63) is 153 Å². The Kier molecular flexibility index (Phi) is 19.6. The molecule has 0 saturated heterocycles. The maximum Gasteiger partial charge on any atom is -1.00 e. The molecule has 0 aliphatic heterocycles. The molecule has 4 aromatic carbocycles. The first kappa shape index (κ1) is 47.0. The SMILES string of the molecule is CCC1=CCC(c2[c-]c3c(cc2)-c2ccccc2C3)=C1CC.CCC1=CCC(c2[c-]c3c(cc2)-c2ccccc2C3)=C1CC.C[Si](C)=[Zr].C[Si](C)=[Zr].[Cl-].[Cl-]. The van der Waals surface area contributed by atoms with Gasteiger partial charge < -0.3 is 24.8 Å². The summed E-state index contributed by atoms with van der Waals surface area (Å²) in [6, 6.07) is 34.1. The van der Waals surface area contributed by atoms with Gasteiger partial charge in [0, 0.05) is 0 Å². The van der Waals surface area contributed by atoms with Crippen LogP contribution in [0.1, 0.15) is 99.6 Å². The van der Waals surface area contributed by atoms with Crippen LogP contribution in [-0.2, 0) is 59.5 Å². The average molecular weight is 940 g/mol. The van der Waals surface area contributed by atoms with E-state index >= 15 is 0 Å². The Bertz CT molecular complexity index is 1960. The van der Waals surface area contributed by atoms with Crippen LogP contribution in [0.4, 0.5) is 0 Å². The zero-order chi connectivity index (χ0) is 37.4. The molecule has 280 valence electrons.